The zero-order valence-electron chi connectivity index (χ0n) is 13.5. The van der Waals surface area contributed by atoms with Gasteiger partial charge in [0.2, 0.25) is 0 Å². The molecule has 2 rings (SSSR count). The van der Waals surface area contributed by atoms with Gasteiger partial charge >= 0.3 is 0 Å². The van der Waals surface area contributed by atoms with Gasteiger partial charge in [0.25, 0.3) is 0 Å². The quantitative estimate of drug-likeness (QED) is 0.477. The molecule has 0 bridgehead atoms. The molecule has 6 nitrogen and oxygen atoms in total. The van der Waals surface area contributed by atoms with E-state index in [9.17, 15) is 5.11 Å². The van der Waals surface area contributed by atoms with Crippen LogP contribution >= 0.6 is 11.8 Å². The second-order valence-corrected chi connectivity index (χ2v) is 5.72. The number of nitrogens with zero attached hydrogens (tertiary/aromatic N) is 2. The van der Waals surface area contributed by atoms with Crippen molar-refractivity contribution >= 4 is 23.1 Å². The highest BCUT2D eigenvalue weighted by atomic mass is 32.2. The number of thioether (sulfide) groups is 1. The van der Waals surface area contributed by atoms with Gasteiger partial charge < -0.3 is 20.3 Å². The summed E-state index contributed by atoms with van der Waals surface area (Å²) in [5.41, 5.74) is 7.40. The van der Waals surface area contributed by atoms with E-state index in [1.165, 1.54) is 32.2 Å². The molecule has 0 aromatic heterocycles. The van der Waals surface area contributed by atoms with Gasteiger partial charge in [0.1, 0.15) is 5.75 Å². The van der Waals surface area contributed by atoms with Crippen LogP contribution in [0.1, 0.15) is 11.1 Å². The Kier molecular flexibility index (Phi) is 6.51. The lowest BCUT2D eigenvalue weighted by Crippen LogP contribution is -2.06. The van der Waals surface area contributed by atoms with E-state index in [0.717, 1.165) is 5.56 Å². The molecule has 24 heavy (non-hydrogen) atoms. The van der Waals surface area contributed by atoms with E-state index in [2.05, 4.69) is 10.2 Å². The third-order valence-electron chi connectivity index (χ3n) is 3.12. The Balaban J connectivity index is 2.04. The number of hydrogen-bond donors (Lipinski definition) is 2. The molecule has 2 aromatic rings. The number of ether oxygens (including phenoxy) is 2. The van der Waals surface area contributed by atoms with Gasteiger partial charge in [0, 0.05) is 17.4 Å². The third kappa shape index (κ3) is 4.92. The Morgan fingerprint density at radius 1 is 1.21 bits per heavy atom. The number of nitrogens with two attached hydrogens (primary N) is 1. The van der Waals surface area contributed by atoms with Crippen LogP contribution in [0.4, 0.5) is 0 Å². The van der Waals surface area contributed by atoms with Crippen LogP contribution < -0.4 is 15.2 Å². The van der Waals surface area contributed by atoms with Crippen molar-refractivity contribution in [1.82, 2.24) is 0 Å². The molecular weight excluding hydrogens is 326 g/mol. The number of benzene rings is 2. The maximum absolute atomic E-state index is 10.1. The number of phenols is 1. The minimum atomic E-state index is -0.0345. The first-order valence-corrected chi connectivity index (χ1v) is 8.10. The van der Waals surface area contributed by atoms with Gasteiger partial charge in [-0.05, 0) is 11.6 Å². The maximum atomic E-state index is 10.1. The van der Waals surface area contributed by atoms with Crippen molar-refractivity contribution in [3.8, 4) is 17.2 Å². The van der Waals surface area contributed by atoms with Crippen LogP contribution in [0.3, 0.4) is 0 Å². The lowest BCUT2D eigenvalue weighted by atomic mass is 10.2. The highest BCUT2D eigenvalue weighted by molar-refractivity contribution is 8.13. The molecule has 7 heteroatoms. The monoisotopic (exact) mass is 345 g/mol. The van der Waals surface area contributed by atoms with Crippen LogP contribution in [0.15, 0.2) is 52.7 Å². The lowest BCUT2D eigenvalue weighted by molar-refractivity contribution is 0.364. The minimum Gasteiger partial charge on any atom is -0.504 e. The largest absolute Gasteiger partial charge is 0.504 e. The van der Waals surface area contributed by atoms with Gasteiger partial charge in [-0.1, -0.05) is 42.1 Å². The SMILES string of the molecule is COc1cc(C=NN=C(N)SCc2ccccc2)c(O)c(OC)c1. The molecule has 0 aliphatic rings. The molecule has 0 unspecified atom stereocenters. The first-order valence-electron chi connectivity index (χ1n) is 7.12. The van der Waals surface area contributed by atoms with Crippen LogP contribution in [-0.2, 0) is 5.75 Å². The van der Waals surface area contributed by atoms with E-state index >= 15 is 0 Å². The van der Waals surface area contributed by atoms with Gasteiger partial charge in [-0.3, -0.25) is 0 Å². The van der Waals surface area contributed by atoms with Crippen LogP contribution in [0.2, 0.25) is 0 Å². The normalized spacial score (nSPS) is 11.7. The van der Waals surface area contributed by atoms with Gasteiger partial charge in [0.05, 0.1) is 20.4 Å². The maximum Gasteiger partial charge on any atom is 0.180 e. The van der Waals surface area contributed by atoms with Gasteiger partial charge in [0.15, 0.2) is 16.7 Å². The van der Waals surface area contributed by atoms with E-state index in [1.807, 2.05) is 30.3 Å². The molecule has 0 heterocycles. The standard InChI is InChI=1S/C17H19N3O3S/c1-22-14-8-13(16(21)15(9-14)23-2)10-19-20-17(18)24-11-12-6-4-3-5-7-12/h3-10,21H,11H2,1-2H3,(H2,18,20). The average molecular weight is 345 g/mol. The lowest BCUT2D eigenvalue weighted by Gasteiger charge is -2.08. The van der Waals surface area contributed by atoms with E-state index in [-0.39, 0.29) is 5.75 Å². The molecule has 3 N–H and O–H groups in total. The van der Waals surface area contributed by atoms with Gasteiger partial charge in [-0.2, -0.15) is 5.10 Å². The first-order chi connectivity index (χ1) is 11.6. The van der Waals surface area contributed by atoms with Gasteiger partial charge in [-0.25, -0.2) is 0 Å². The second-order valence-electron chi connectivity index (χ2n) is 4.72. The summed E-state index contributed by atoms with van der Waals surface area (Å²) in [5.74, 6) is 1.52. The molecule has 0 aliphatic carbocycles. The van der Waals surface area contributed by atoms with Crippen molar-refractivity contribution < 1.29 is 14.6 Å². The highest BCUT2D eigenvalue weighted by Gasteiger charge is 2.09. The van der Waals surface area contributed by atoms with Crippen molar-refractivity contribution in [3.63, 3.8) is 0 Å². The number of hydrogen-bond acceptors (Lipinski definition) is 6. The summed E-state index contributed by atoms with van der Waals surface area (Å²) in [6.45, 7) is 0. The number of rotatable bonds is 6. The molecule has 0 aliphatic heterocycles. The fraction of sp³-hybridized carbons (Fsp3) is 0.176. The van der Waals surface area contributed by atoms with Crippen molar-refractivity contribution in [2.75, 3.05) is 14.2 Å². The van der Waals surface area contributed by atoms with Crippen LogP contribution in [0, 0.1) is 0 Å². The summed E-state index contributed by atoms with van der Waals surface area (Å²) in [6.07, 6.45) is 1.40. The topological polar surface area (TPSA) is 89.4 Å². The Labute approximate surface area is 145 Å². The number of amidine groups is 1. The van der Waals surface area contributed by atoms with E-state index in [1.54, 1.807) is 12.1 Å². The second kappa shape index (κ2) is 8.83. The molecular formula is C17H19N3O3S. The Bertz CT molecular complexity index is 733. The minimum absolute atomic E-state index is 0.0345. The molecule has 0 saturated heterocycles. The van der Waals surface area contributed by atoms with E-state index in [4.69, 9.17) is 15.2 Å². The summed E-state index contributed by atoms with van der Waals surface area (Å²) >= 11 is 1.39. The fourth-order valence-electron chi connectivity index (χ4n) is 1.88. The highest BCUT2D eigenvalue weighted by Crippen LogP contribution is 2.33. The van der Waals surface area contributed by atoms with Crippen molar-refractivity contribution in [3.05, 3.63) is 53.6 Å². The summed E-state index contributed by atoms with van der Waals surface area (Å²) in [5, 5.41) is 18.2. The molecule has 0 fully saturated rings. The predicted octanol–water partition coefficient (Wildman–Crippen LogP) is 2.99. The molecule has 0 amide bonds. The summed E-state index contributed by atoms with van der Waals surface area (Å²) in [6, 6.07) is 13.2. The van der Waals surface area contributed by atoms with E-state index < -0.39 is 0 Å². The third-order valence-corrected chi connectivity index (χ3v) is 3.97. The van der Waals surface area contributed by atoms with E-state index in [0.29, 0.717) is 28.0 Å². The van der Waals surface area contributed by atoms with Gasteiger partial charge in [-0.15, -0.1) is 5.10 Å². The summed E-state index contributed by atoms with van der Waals surface area (Å²) < 4.78 is 10.2. The predicted molar refractivity (Wildman–Crippen MR) is 98.2 cm³/mol. The number of aromatic hydroxyl groups is 1. The van der Waals surface area contributed by atoms with Crippen molar-refractivity contribution in [2.45, 2.75) is 5.75 Å². The fourth-order valence-corrected chi connectivity index (χ4v) is 2.50. The van der Waals surface area contributed by atoms with Crippen LogP contribution in [-0.4, -0.2) is 30.7 Å². The molecule has 0 spiro atoms. The number of phenolic OH excluding ortho intramolecular Hbond substituents is 1. The van der Waals surface area contributed by atoms with Crippen LogP contribution in [0.5, 0.6) is 17.2 Å². The van der Waals surface area contributed by atoms with Crippen LogP contribution in [0.25, 0.3) is 0 Å². The molecule has 0 saturated carbocycles. The number of methoxy groups -OCH3 is 2. The molecule has 0 atom stereocenters. The molecule has 126 valence electrons. The zero-order valence-corrected chi connectivity index (χ0v) is 14.3. The summed E-state index contributed by atoms with van der Waals surface area (Å²) in [4.78, 5) is 0. The molecule has 0 radical (unpaired) electrons. The van der Waals surface area contributed by atoms with Crippen molar-refractivity contribution in [2.24, 2.45) is 15.9 Å². The Morgan fingerprint density at radius 2 is 1.96 bits per heavy atom. The Hall–Kier alpha value is -2.67. The zero-order chi connectivity index (χ0) is 17.4. The summed E-state index contributed by atoms with van der Waals surface area (Å²) in [7, 11) is 2.99. The average Bonchev–Trinajstić information content (AvgIpc) is 2.62. The van der Waals surface area contributed by atoms with Crippen molar-refractivity contribution in [1.29, 1.82) is 0 Å². The molecule has 2 aromatic carbocycles. The Morgan fingerprint density at radius 3 is 2.62 bits per heavy atom. The smallest absolute Gasteiger partial charge is 0.180 e. The first kappa shape index (κ1) is 17.7.